The lowest BCUT2D eigenvalue weighted by Crippen LogP contribution is -2.30. The third-order valence-corrected chi connectivity index (χ3v) is 8.79. The van der Waals surface area contributed by atoms with Crippen molar-refractivity contribution in [1.29, 1.82) is 0 Å². The zero-order valence-corrected chi connectivity index (χ0v) is 19.3. The van der Waals surface area contributed by atoms with Crippen molar-refractivity contribution >= 4 is 39.0 Å². The molecule has 2 aromatic heterocycles. The number of aromatic nitrogens is 1. The number of carbonyl (C=O) groups is 1. The zero-order chi connectivity index (χ0) is 21.7. The van der Waals surface area contributed by atoms with E-state index in [9.17, 15) is 13.2 Å². The third kappa shape index (κ3) is 5.35. The van der Waals surface area contributed by atoms with E-state index in [0.29, 0.717) is 18.1 Å². The number of carbonyl (C=O) groups excluding carboxylic acids is 1. The molecule has 31 heavy (non-hydrogen) atoms. The minimum absolute atomic E-state index is 0.109. The molecule has 6 nitrogen and oxygen atoms in total. The van der Waals surface area contributed by atoms with E-state index < -0.39 is 10.0 Å². The second-order valence-corrected chi connectivity index (χ2v) is 11.1. The van der Waals surface area contributed by atoms with Crippen LogP contribution in [0.3, 0.4) is 0 Å². The molecule has 1 amide bonds. The maximum absolute atomic E-state index is 12.6. The average Bonchev–Trinajstić information content (AvgIpc) is 3.52. The first-order chi connectivity index (χ1) is 15.0. The largest absolute Gasteiger partial charge is 0.344 e. The van der Waals surface area contributed by atoms with Crippen molar-refractivity contribution in [3.05, 3.63) is 76.6 Å². The van der Waals surface area contributed by atoms with Crippen LogP contribution in [-0.2, 0) is 14.8 Å². The topological polar surface area (TPSA) is 79.4 Å². The van der Waals surface area contributed by atoms with Crippen molar-refractivity contribution in [1.82, 2.24) is 14.6 Å². The van der Waals surface area contributed by atoms with E-state index in [2.05, 4.69) is 10.3 Å². The Labute approximate surface area is 190 Å². The van der Waals surface area contributed by atoms with Gasteiger partial charge in [0.15, 0.2) is 0 Å². The van der Waals surface area contributed by atoms with Crippen LogP contribution in [-0.4, -0.2) is 42.5 Å². The molecule has 0 saturated carbocycles. The predicted molar refractivity (Wildman–Crippen MR) is 124 cm³/mol. The molecule has 1 atom stereocenters. The molecular formula is C22H23N3O3S3. The summed E-state index contributed by atoms with van der Waals surface area (Å²) in [6, 6.07) is 16.9. The third-order valence-electron chi connectivity index (χ3n) is 5.03. The van der Waals surface area contributed by atoms with Crippen LogP contribution in [0.1, 0.15) is 29.3 Å². The van der Waals surface area contributed by atoms with E-state index >= 15 is 0 Å². The summed E-state index contributed by atoms with van der Waals surface area (Å²) in [4.78, 5) is 18.2. The summed E-state index contributed by atoms with van der Waals surface area (Å²) in [6.07, 6.45) is 3.17. The fraction of sp³-hybridized carbons (Fsp3) is 0.273. The van der Waals surface area contributed by atoms with E-state index in [1.165, 1.54) is 22.3 Å². The van der Waals surface area contributed by atoms with Gasteiger partial charge in [0.05, 0.1) is 16.8 Å². The van der Waals surface area contributed by atoms with Gasteiger partial charge in [-0.1, -0.05) is 48.2 Å². The zero-order valence-electron chi connectivity index (χ0n) is 16.8. The van der Waals surface area contributed by atoms with Crippen molar-refractivity contribution in [2.45, 2.75) is 28.8 Å². The second-order valence-electron chi connectivity index (χ2n) is 7.16. The lowest BCUT2D eigenvalue weighted by molar-refractivity contribution is -0.119. The smallest absolute Gasteiger partial charge is 0.244 e. The fourth-order valence-electron chi connectivity index (χ4n) is 3.44. The fourth-order valence-corrected chi connectivity index (χ4v) is 6.36. The van der Waals surface area contributed by atoms with Gasteiger partial charge in [-0.25, -0.2) is 13.4 Å². The highest BCUT2D eigenvalue weighted by molar-refractivity contribution is 7.99. The Morgan fingerprint density at radius 3 is 2.52 bits per heavy atom. The molecule has 4 rings (SSSR count). The van der Waals surface area contributed by atoms with Crippen LogP contribution in [0.25, 0.3) is 0 Å². The van der Waals surface area contributed by atoms with Crippen LogP contribution in [0.4, 0.5) is 0 Å². The Bertz CT molecular complexity index is 1100. The molecule has 3 aromatic rings. The molecule has 1 aromatic carbocycles. The molecular weight excluding hydrogens is 450 g/mol. The highest BCUT2D eigenvalue weighted by atomic mass is 32.2. The van der Waals surface area contributed by atoms with Crippen molar-refractivity contribution in [3.63, 3.8) is 0 Å². The van der Waals surface area contributed by atoms with Crippen LogP contribution in [0.15, 0.2) is 76.1 Å². The molecule has 3 heterocycles. The van der Waals surface area contributed by atoms with E-state index in [0.717, 1.165) is 23.3 Å². The van der Waals surface area contributed by atoms with Gasteiger partial charge in [0, 0.05) is 24.2 Å². The number of benzene rings is 1. The van der Waals surface area contributed by atoms with Crippen molar-refractivity contribution in [2.24, 2.45) is 0 Å². The van der Waals surface area contributed by atoms with Crippen LogP contribution >= 0.6 is 23.1 Å². The number of thioether (sulfide) groups is 1. The SMILES string of the molecule is O=C(CSc1ccc(S(=O)(=O)N2CCCC2)cn1)N[C@H](c1ccccc1)c1cccs1. The molecule has 0 bridgehead atoms. The minimum atomic E-state index is -3.47. The minimum Gasteiger partial charge on any atom is -0.344 e. The maximum atomic E-state index is 12.6. The van der Waals surface area contributed by atoms with Gasteiger partial charge in [0.25, 0.3) is 0 Å². The summed E-state index contributed by atoms with van der Waals surface area (Å²) in [6.45, 7) is 1.12. The number of nitrogens with zero attached hydrogens (tertiary/aromatic N) is 2. The van der Waals surface area contributed by atoms with Gasteiger partial charge >= 0.3 is 0 Å². The highest BCUT2D eigenvalue weighted by Gasteiger charge is 2.27. The van der Waals surface area contributed by atoms with Gasteiger partial charge in [-0.3, -0.25) is 4.79 Å². The molecule has 1 N–H and O–H groups in total. The van der Waals surface area contributed by atoms with Gasteiger partial charge < -0.3 is 5.32 Å². The van der Waals surface area contributed by atoms with Crippen LogP contribution in [0.2, 0.25) is 0 Å². The van der Waals surface area contributed by atoms with E-state index in [-0.39, 0.29) is 22.6 Å². The Morgan fingerprint density at radius 1 is 1.10 bits per heavy atom. The molecule has 1 fully saturated rings. The molecule has 1 aliphatic rings. The number of nitrogens with one attached hydrogen (secondary N) is 1. The number of hydrogen-bond acceptors (Lipinski definition) is 6. The summed E-state index contributed by atoms with van der Waals surface area (Å²) < 4.78 is 26.7. The van der Waals surface area contributed by atoms with Gasteiger partial charge in [0.2, 0.25) is 15.9 Å². The lowest BCUT2D eigenvalue weighted by Gasteiger charge is -2.18. The van der Waals surface area contributed by atoms with Crippen LogP contribution < -0.4 is 5.32 Å². The number of pyridine rings is 1. The summed E-state index contributed by atoms with van der Waals surface area (Å²) in [5.41, 5.74) is 1.03. The van der Waals surface area contributed by atoms with Crippen molar-refractivity contribution < 1.29 is 13.2 Å². The number of hydrogen-bond donors (Lipinski definition) is 1. The normalized spacial score (nSPS) is 15.6. The lowest BCUT2D eigenvalue weighted by atomic mass is 10.1. The van der Waals surface area contributed by atoms with Crippen molar-refractivity contribution in [2.75, 3.05) is 18.8 Å². The Hall–Kier alpha value is -2.20. The molecule has 0 radical (unpaired) electrons. The Morgan fingerprint density at radius 2 is 1.87 bits per heavy atom. The second kappa shape index (κ2) is 9.95. The van der Waals surface area contributed by atoms with Gasteiger partial charge in [0.1, 0.15) is 4.90 Å². The van der Waals surface area contributed by atoms with E-state index in [1.54, 1.807) is 23.5 Å². The first kappa shape index (κ1) is 22.0. The summed E-state index contributed by atoms with van der Waals surface area (Å²) >= 11 is 2.89. The highest BCUT2D eigenvalue weighted by Crippen LogP contribution is 2.27. The first-order valence-electron chi connectivity index (χ1n) is 10.0. The summed E-state index contributed by atoms with van der Waals surface area (Å²) in [5, 5.41) is 5.71. The van der Waals surface area contributed by atoms with Gasteiger partial charge in [-0.05, 0) is 42.0 Å². The molecule has 162 valence electrons. The first-order valence-corrected chi connectivity index (χ1v) is 13.3. The average molecular weight is 474 g/mol. The van der Waals surface area contributed by atoms with Crippen LogP contribution in [0.5, 0.6) is 0 Å². The molecule has 1 saturated heterocycles. The number of rotatable bonds is 8. The number of amides is 1. The summed E-state index contributed by atoms with van der Waals surface area (Å²) in [5.74, 6) is 0.0859. The van der Waals surface area contributed by atoms with Gasteiger partial charge in [-0.15, -0.1) is 11.3 Å². The molecule has 0 spiro atoms. The monoisotopic (exact) mass is 473 g/mol. The maximum Gasteiger partial charge on any atom is 0.244 e. The standard InChI is InChI=1S/C22H23N3O3S3/c26-20(24-22(19-9-6-14-29-19)17-7-2-1-3-8-17)16-30-21-11-10-18(15-23-21)31(27,28)25-12-4-5-13-25/h1-3,6-11,14-15,22H,4-5,12-13,16H2,(H,24,26)/t22-/m1/s1. The van der Waals surface area contributed by atoms with Crippen LogP contribution in [0, 0.1) is 0 Å². The predicted octanol–water partition coefficient (Wildman–Crippen LogP) is 3.93. The number of sulfonamides is 1. The molecule has 0 aliphatic carbocycles. The Kier molecular flexibility index (Phi) is 7.06. The van der Waals surface area contributed by atoms with E-state index in [4.69, 9.17) is 0 Å². The van der Waals surface area contributed by atoms with E-state index in [1.807, 2.05) is 47.8 Å². The molecule has 9 heteroatoms. The quantitative estimate of drug-likeness (QED) is 0.502. The number of thiophene rings is 1. The molecule has 1 aliphatic heterocycles. The molecule has 0 unspecified atom stereocenters. The van der Waals surface area contributed by atoms with Crippen molar-refractivity contribution in [3.8, 4) is 0 Å². The van der Waals surface area contributed by atoms with Gasteiger partial charge in [-0.2, -0.15) is 4.31 Å². The Balaban J connectivity index is 1.38. The summed E-state index contributed by atoms with van der Waals surface area (Å²) in [7, 11) is -3.47.